The van der Waals surface area contributed by atoms with E-state index in [0.29, 0.717) is 56.2 Å². The predicted molar refractivity (Wildman–Crippen MR) is 97.4 cm³/mol. The molecule has 0 spiro atoms. The summed E-state index contributed by atoms with van der Waals surface area (Å²) < 4.78 is 11.0. The second kappa shape index (κ2) is 7.42. The lowest BCUT2D eigenvalue weighted by atomic mass is 9.85. The Kier molecular flexibility index (Phi) is 4.83. The van der Waals surface area contributed by atoms with Crippen molar-refractivity contribution in [1.29, 1.82) is 0 Å². The molecule has 2 atom stereocenters. The lowest BCUT2D eigenvalue weighted by molar-refractivity contribution is -0.140. The van der Waals surface area contributed by atoms with Crippen molar-refractivity contribution in [3.8, 4) is 11.5 Å². The van der Waals surface area contributed by atoms with Gasteiger partial charge in [0, 0.05) is 24.7 Å². The molecule has 142 valence electrons. The smallest absolute Gasteiger partial charge is 0.233 e. The standard InChI is InChI=1S/C20H22N2O5/c23-18(21-13-7-8-16-17(12-13)27-11-10-26-16)6-3-9-22-19(24)14-4-1-2-5-15(14)20(22)25/h1-2,7-8,12,14-15H,3-6,9-11H2,(H,21,23)/t14-,15+. The van der Waals surface area contributed by atoms with Gasteiger partial charge in [0.1, 0.15) is 13.2 Å². The normalized spacial score (nSPS) is 23.3. The minimum atomic E-state index is -0.214. The van der Waals surface area contributed by atoms with Crippen molar-refractivity contribution in [3.05, 3.63) is 30.4 Å². The minimum absolute atomic E-state index is 0.0957. The van der Waals surface area contributed by atoms with Gasteiger partial charge in [0.05, 0.1) is 11.8 Å². The number of ether oxygens (including phenoxy) is 2. The number of carbonyl (C=O) groups is 3. The molecule has 0 saturated carbocycles. The molecule has 2 heterocycles. The van der Waals surface area contributed by atoms with E-state index in [-0.39, 0.29) is 36.0 Å². The molecule has 1 aromatic carbocycles. The van der Waals surface area contributed by atoms with Gasteiger partial charge < -0.3 is 14.8 Å². The molecule has 3 aliphatic rings. The second-order valence-electron chi connectivity index (χ2n) is 6.99. The van der Waals surface area contributed by atoms with Gasteiger partial charge in [-0.1, -0.05) is 12.2 Å². The molecule has 0 radical (unpaired) electrons. The molecule has 1 aliphatic carbocycles. The third-order valence-electron chi connectivity index (χ3n) is 5.21. The Labute approximate surface area is 157 Å². The lowest BCUT2D eigenvalue weighted by Crippen LogP contribution is -2.32. The zero-order valence-electron chi connectivity index (χ0n) is 15.0. The summed E-state index contributed by atoms with van der Waals surface area (Å²) in [5, 5.41) is 2.82. The molecule has 1 fully saturated rings. The van der Waals surface area contributed by atoms with E-state index in [1.165, 1.54) is 4.90 Å². The molecule has 1 saturated heterocycles. The van der Waals surface area contributed by atoms with Gasteiger partial charge in [-0.25, -0.2) is 0 Å². The molecule has 7 nitrogen and oxygen atoms in total. The van der Waals surface area contributed by atoms with E-state index in [1.54, 1.807) is 18.2 Å². The van der Waals surface area contributed by atoms with Gasteiger partial charge >= 0.3 is 0 Å². The molecule has 0 bridgehead atoms. The number of allylic oxidation sites excluding steroid dienone is 2. The van der Waals surface area contributed by atoms with Crippen molar-refractivity contribution >= 4 is 23.4 Å². The van der Waals surface area contributed by atoms with Crippen LogP contribution in [0.4, 0.5) is 5.69 Å². The number of imide groups is 1. The maximum absolute atomic E-state index is 12.4. The number of rotatable bonds is 5. The number of carbonyl (C=O) groups excluding carboxylic acids is 3. The van der Waals surface area contributed by atoms with Crippen molar-refractivity contribution in [2.45, 2.75) is 25.7 Å². The van der Waals surface area contributed by atoms with Gasteiger partial charge in [0.25, 0.3) is 0 Å². The highest BCUT2D eigenvalue weighted by Crippen LogP contribution is 2.35. The first kappa shape index (κ1) is 17.6. The molecular formula is C20H22N2O5. The third-order valence-corrected chi connectivity index (χ3v) is 5.21. The van der Waals surface area contributed by atoms with Crippen LogP contribution in [0.15, 0.2) is 30.4 Å². The average Bonchev–Trinajstić information content (AvgIpc) is 2.93. The highest BCUT2D eigenvalue weighted by molar-refractivity contribution is 6.05. The van der Waals surface area contributed by atoms with Crippen molar-refractivity contribution in [3.63, 3.8) is 0 Å². The van der Waals surface area contributed by atoms with E-state index in [2.05, 4.69) is 5.32 Å². The van der Waals surface area contributed by atoms with Crippen LogP contribution in [0.1, 0.15) is 25.7 Å². The number of hydrogen-bond acceptors (Lipinski definition) is 5. The molecule has 7 heteroatoms. The Morgan fingerprint density at radius 3 is 2.41 bits per heavy atom. The second-order valence-corrected chi connectivity index (χ2v) is 6.99. The summed E-state index contributed by atoms with van der Waals surface area (Å²) in [6.45, 7) is 1.30. The number of hydrogen-bond donors (Lipinski definition) is 1. The Hall–Kier alpha value is -2.83. The van der Waals surface area contributed by atoms with Crippen LogP contribution in [0.25, 0.3) is 0 Å². The van der Waals surface area contributed by atoms with Crippen LogP contribution in [-0.4, -0.2) is 42.4 Å². The Balaban J connectivity index is 1.27. The van der Waals surface area contributed by atoms with Crippen molar-refractivity contribution in [2.24, 2.45) is 11.8 Å². The summed E-state index contributed by atoms with van der Waals surface area (Å²) in [5.41, 5.74) is 0.634. The maximum Gasteiger partial charge on any atom is 0.233 e. The number of nitrogens with one attached hydrogen (secondary N) is 1. The number of benzene rings is 1. The first-order valence-corrected chi connectivity index (χ1v) is 9.33. The topological polar surface area (TPSA) is 84.9 Å². The molecule has 1 N–H and O–H groups in total. The lowest BCUT2D eigenvalue weighted by Gasteiger charge is -2.19. The first-order chi connectivity index (χ1) is 13.1. The maximum atomic E-state index is 12.4. The van der Waals surface area contributed by atoms with Crippen LogP contribution in [0.3, 0.4) is 0 Å². The molecular weight excluding hydrogens is 348 g/mol. The van der Waals surface area contributed by atoms with Crippen molar-refractivity contribution < 1.29 is 23.9 Å². The number of likely N-dealkylation sites (tertiary alicyclic amines) is 1. The van der Waals surface area contributed by atoms with E-state index < -0.39 is 0 Å². The zero-order valence-corrected chi connectivity index (χ0v) is 15.0. The predicted octanol–water partition coefficient (Wildman–Crippen LogP) is 2.13. The van der Waals surface area contributed by atoms with Gasteiger partial charge in [-0.3, -0.25) is 19.3 Å². The highest BCUT2D eigenvalue weighted by Gasteiger charge is 2.46. The summed E-state index contributed by atoms with van der Waals surface area (Å²) in [6.07, 6.45) is 5.89. The van der Waals surface area contributed by atoms with Crippen LogP contribution in [0, 0.1) is 11.8 Å². The minimum Gasteiger partial charge on any atom is -0.486 e. The van der Waals surface area contributed by atoms with Crippen LogP contribution >= 0.6 is 0 Å². The fraction of sp³-hybridized carbons (Fsp3) is 0.450. The summed E-state index contributed by atoms with van der Waals surface area (Å²) >= 11 is 0. The average molecular weight is 370 g/mol. The molecule has 3 amide bonds. The molecule has 0 unspecified atom stereocenters. The van der Waals surface area contributed by atoms with Crippen LogP contribution in [-0.2, 0) is 14.4 Å². The quantitative estimate of drug-likeness (QED) is 0.634. The first-order valence-electron chi connectivity index (χ1n) is 9.33. The van der Waals surface area contributed by atoms with Crippen LogP contribution in [0.5, 0.6) is 11.5 Å². The fourth-order valence-corrected chi connectivity index (χ4v) is 3.83. The van der Waals surface area contributed by atoms with E-state index >= 15 is 0 Å². The van der Waals surface area contributed by atoms with Crippen molar-refractivity contribution in [1.82, 2.24) is 4.90 Å². The molecule has 4 rings (SSSR count). The largest absolute Gasteiger partial charge is 0.486 e. The van der Waals surface area contributed by atoms with Gasteiger partial charge in [-0.05, 0) is 31.4 Å². The monoisotopic (exact) mass is 370 g/mol. The third kappa shape index (κ3) is 3.54. The molecule has 1 aromatic rings. The van der Waals surface area contributed by atoms with Crippen LogP contribution < -0.4 is 14.8 Å². The molecule has 2 aliphatic heterocycles. The number of amides is 3. The van der Waals surface area contributed by atoms with E-state index in [1.807, 2.05) is 12.2 Å². The summed E-state index contributed by atoms with van der Waals surface area (Å²) in [4.78, 5) is 38.3. The van der Waals surface area contributed by atoms with Gasteiger partial charge in [0.2, 0.25) is 17.7 Å². The Morgan fingerprint density at radius 2 is 1.70 bits per heavy atom. The zero-order chi connectivity index (χ0) is 18.8. The molecule has 27 heavy (non-hydrogen) atoms. The fourth-order valence-electron chi connectivity index (χ4n) is 3.83. The van der Waals surface area contributed by atoms with E-state index in [0.717, 1.165) is 0 Å². The van der Waals surface area contributed by atoms with Gasteiger partial charge in [0.15, 0.2) is 11.5 Å². The summed E-state index contributed by atoms with van der Waals surface area (Å²) in [7, 11) is 0. The SMILES string of the molecule is O=C(CCCN1C(=O)[C@H]2CC=CC[C@H]2C1=O)Nc1ccc2c(c1)OCCO2. The number of nitrogens with zero attached hydrogens (tertiary/aromatic N) is 1. The Bertz CT molecular complexity index is 778. The number of anilines is 1. The Morgan fingerprint density at radius 1 is 1.04 bits per heavy atom. The van der Waals surface area contributed by atoms with Crippen LogP contribution in [0.2, 0.25) is 0 Å². The van der Waals surface area contributed by atoms with Gasteiger partial charge in [-0.15, -0.1) is 0 Å². The van der Waals surface area contributed by atoms with E-state index in [9.17, 15) is 14.4 Å². The number of fused-ring (bicyclic) bond motifs is 2. The van der Waals surface area contributed by atoms with Crippen molar-refractivity contribution in [2.75, 3.05) is 25.1 Å². The van der Waals surface area contributed by atoms with Gasteiger partial charge in [-0.2, -0.15) is 0 Å². The summed E-state index contributed by atoms with van der Waals surface area (Å²) in [6, 6.07) is 5.26. The summed E-state index contributed by atoms with van der Waals surface area (Å²) in [5.74, 6) is 0.501. The molecule has 0 aromatic heterocycles. The van der Waals surface area contributed by atoms with E-state index in [4.69, 9.17) is 9.47 Å². The highest BCUT2D eigenvalue weighted by atomic mass is 16.6.